The monoisotopic (exact) mass is 306 g/mol. The maximum absolute atomic E-state index is 11.8. The molecule has 0 spiro atoms. The van der Waals surface area contributed by atoms with Gasteiger partial charge < -0.3 is 10.4 Å². The van der Waals surface area contributed by atoms with Crippen LogP contribution in [0.2, 0.25) is 0 Å². The first-order chi connectivity index (χ1) is 10.5. The maximum Gasteiger partial charge on any atom is 0.270 e. The number of rotatable bonds is 4. The summed E-state index contributed by atoms with van der Waals surface area (Å²) in [5.41, 5.74) is 2.07. The summed E-state index contributed by atoms with van der Waals surface area (Å²) in [5.74, 6) is -1.92. The van der Waals surface area contributed by atoms with E-state index in [9.17, 15) is 24.8 Å². The van der Waals surface area contributed by atoms with E-state index in [1.807, 2.05) is 0 Å². The summed E-state index contributed by atoms with van der Waals surface area (Å²) in [6.07, 6.45) is 2.23. The maximum atomic E-state index is 11.8. The van der Waals surface area contributed by atoms with Crippen molar-refractivity contribution in [3.05, 3.63) is 33.9 Å². The molecule has 2 amide bonds. The van der Waals surface area contributed by atoms with Gasteiger partial charge >= 0.3 is 0 Å². The number of benzene rings is 1. The highest BCUT2D eigenvalue weighted by atomic mass is 16.6. The Kier molecular flexibility index (Phi) is 4.66. The molecule has 9 heteroatoms. The number of non-ortho nitro benzene ring substituents is 1. The molecule has 9 nitrogen and oxygen atoms in total. The van der Waals surface area contributed by atoms with Gasteiger partial charge in [0.1, 0.15) is 11.7 Å². The van der Waals surface area contributed by atoms with Gasteiger partial charge in [0.05, 0.1) is 11.1 Å². The average Bonchev–Trinajstić information content (AvgIpc) is 2.49. The van der Waals surface area contributed by atoms with E-state index in [4.69, 9.17) is 0 Å². The van der Waals surface area contributed by atoms with Crippen LogP contribution < -0.4 is 10.7 Å². The quantitative estimate of drug-likeness (QED) is 0.318. The van der Waals surface area contributed by atoms with Crippen molar-refractivity contribution in [3.63, 3.8) is 0 Å². The fourth-order valence-corrected chi connectivity index (χ4v) is 2.02. The molecule has 0 saturated carbocycles. The van der Waals surface area contributed by atoms with Crippen molar-refractivity contribution in [3.8, 4) is 5.75 Å². The number of hydrazone groups is 1. The normalized spacial score (nSPS) is 18.0. The summed E-state index contributed by atoms with van der Waals surface area (Å²) in [6, 6.07) is 3.44. The molecule has 2 rings (SSSR count). The van der Waals surface area contributed by atoms with Crippen molar-refractivity contribution < 1.29 is 19.6 Å². The van der Waals surface area contributed by atoms with Crippen LogP contribution in [0, 0.1) is 16.0 Å². The lowest BCUT2D eigenvalue weighted by Crippen LogP contribution is -2.43. The van der Waals surface area contributed by atoms with Crippen LogP contribution in [0.25, 0.3) is 0 Å². The number of phenolic OH excluding ortho intramolecular Hbond substituents is 1. The highest BCUT2D eigenvalue weighted by Crippen LogP contribution is 2.21. The summed E-state index contributed by atoms with van der Waals surface area (Å²) in [6.45, 7) is 0.549. The van der Waals surface area contributed by atoms with Crippen molar-refractivity contribution in [1.82, 2.24) is 10.7 Å². The predicted octanol–water partition coefficient (Wildman–Crippen LogP) is 0.277. The van der Waals surface area contributed by atoms with Crippen LogP contribution in [0.4, 0.5) is 5.69 Å². The van der Waals surface area contributed by atoms with Crippen LogP contribution >= 0.6 is 0 Å². The zero-order valence-corrected chi connectivity index (χ0v) is 11.5. The number of nitrogens with zero attached hydrogens (tertiary/aromatic N) is 2. The number of hydrogen-bond donors (Lipinski definition) is 3. The molecule has 0 aromatic heterocycles. The summed E-state index contributed by atoms with van der Waals surface area (Å²) >= 11 is 0. The molecule has 0 unspecified atom stereocenters. The first-order valence-corrected chi connectivity index (χ1v) is 6.57. The zero-order valence-electron chi connectivity index (χ0n) is 11.5. The lowest BCUT2D eigenvalue weighted by molar-refractivity contribution is -0.384. The second-order valence-corrected chi connectivity index (χ2v) is 4.72. The van der Waals surface area contributed by atoms with Gasteiger partial charge in [-0.2, -0.15) is 5.10 Å². The van der Waals surface area contributed by atoms with Crippen LogP contribution in [0.3, 0.4) is 0 Å². The molecular formula is C13H14N4O5. The van der Waals surface area contributed by atoms with Crippen molar-refractivity contribution >= 4 is 23.7 Å². The number of hydrogen-bond acceptors (Lipinski definition) is 6. The number of phenols is 1. The SMILES string of the molecule is O=C1NCCC[C@H]1C(=O)N/N=C/c1cc([N+](=O)[O-])ccc1O. The van der Waals surface area contributed by atoms with Crippen molar-refractivity contribution in [2.45, 2.75) is 12.8 Å². The molecule has 0 aliphatic carbocycles. The minimum atomic E-state index is -0.801. The Labute approximate surface area is 125 Å². The Morgan fingerprint density at radius 1 is 1.55 bits per heavy atom. The van der Waals surface area contributed by atoms with Crippen LogP contribution in [0.5, 0.6) is 5.75 Å². The second kappa shape index (κ2) is 6.66. The van der Waals surface area contributed by atoms with E-state index in [2.05, 4.69) is 15.8 Å². The van der Waals surface area contributed by atoms with Crippen molar-refractivity contribution in [1.29, 1.82) is 0 Å². The molecule has 3 N–H and O–H groups in total. The van der Waals surface area contributed by atoms with Gasteiger partial charge in [-0.15, -0.1) is 0 Å². The van der Waals surface area contributed by atoms with Gasteiger partial charge in [0, 0.05) is 24.2 Å². The van der Waals surface area contributed by atoms with Gasteiger partial charge in [-0.05, 0) is 18.9 Å². The van der Waals surface area contributed by atoms with E-state index in [-0.39, 0.29) is 22.9 Å². The van der Waals surface area contributed by atoms with Crippen LogP contribution in [-0.2, 0) is 9.59 Å². The number of nitro benzene ring substituents is 1. The summed E-state index contributed by atoms with van der Waals surface area (Å²) in [7, 11) is 0. The van der Waals surface area contributed by atoms with E-state index < -0.39 is 16.7 Å². The Balaban J connectivity index is 2.03. The van der Waals surface area contributed by atoms with Gasteiger partial charge in [-0.3, -0.25) is 19.7 Å². The molecule has 1 atom stereocenters. The minimum absolute atomic E-state index is 0.0857. The predicted molar refractivity (Wildman–Crippen MR) is 76.2 cm³/mol. The Morgan fingerprint density at radius 3 is 3.00 bits per heavy atom. The molecule has 22 heavy (non-hydrogen) atoms. The Bertz CT molecular complexity index is 643. The molecule has 1 aromatic rings. The molecule has 0 bridgehead atoms. The zero-order chi connectivity index (χ0) is 16.1. The van der Waals surface area contributed by atoms with E-state index >= 15 is 0 Å². The third-order valence-corrected chi connectivity index (χ3v) is 3.20. The molecule has 1 saturated heterocycles. The third kappa shape index (κ3) is 3.57. The summed E-state index contributed by atoms with van der Waals surface area (Å²) in [5, 5.41) is 26.4. The number of aromatic hydroxyl groups is 1. The smallest absolute Gasteiger partial charge is 0.270 e. The molecule has 1 fully saturated rings. The number of amides is 2. The summed E-state index contributed by atoms with van der Waals surface area (Å²) in [4.78, 5) is 33.4. The molecule has 1 aliphatic heterocycles. The Hall–Kier alpha value is -2.97. The first kappa shape index (κ1) is 15.4. The number of carbonyl (C=O) groups excluding carboxylic acids is 2. The lowest BCUT2D eigenvalue weighted by atomic mass is 9.98. The number of piperidine rings is 1. The molecule has 116 valence electrons. The number of carbonyl (C=O) groups is 2. The van der Waals surface area contributed by atoms with E-state index in [1.54, 1.807) is 0 Å². The van der Waals surface area contributed by atoms with Gasteiger partial charge in [-0.25, -0.2) is 5.43 Å². The highest BCUT2D eigenvalue weighted by molar-refractivity contribution is 6.01. The van der Waals surface area contributed by atoms with E-state index in [0.29, 0.717) is 19.4 Å². The molecule has 1 aliphatic rings. The fraction of sp³-hybridized carbons (Fsp3) is 0.308. The number of nitro groups is 1. The molecule has 1 heterocycles. The standard InChI is InChI=1S/C13H14N4O5/c18-11-4-3-9(17(21)22)6-8(11)7-15-16-13(20)10-2-1-5-14-12(10)19/h3-4,6-7,10,18H,1-2,5H2,(H,14,19)(H,16,20)/b15-7+/t10-/m1/s1. The molecule has 1 aromatic carbocycles. The van der Waals surface area contributed by atoms with Crippen molar-refractivity contribution in [2.24, 2.45) is 11.0 Å². The highest BCUT2D eigenvalue weighted by Gasteiger charge is 2.28. The lowest BCUT2D eigenvalue weighted by Gasteiger charge is -2.19. The second-order valence-electron chi connectivity index (χ2n) is 4.72. The first-order valence-electron chi connectivity index (χ1n) is 6.57. The van der Waals surface area contributed by atoms with E-state index in [1.165, 1.54) is 0 Å². The summed E-state index contributed by atoms with van der Waals surface area (Å²) < 4.78 is 0. The average molecular weight is 306 g/mol. The molecule has 0 radical (unpaired) electrons. The topological polar surface area (TPSA) is 134 Å². The fourth-order valence-electron chi connectivity index (χ4n) is 2.02. The minimum Gasteiger partial charge on any atom is -0.507 e. The van der Waals surface area contributed by atoms with Gasteiger partial charge in [0.2, 0.25) is 5.91 Å². The number of nitrogens with one attached hydrogen (secondary N) is 2. The van der Waals surface area contributed by atoms with E-state index in [0.717, 1.165) is 24.4 Å². The van der Waals surface area contributed by atoms with Gasteiger partial charge in [-0.1, -0.05) is 0 Å². The van der Waals surface area contributed by atoms with Gasteiger partial charge in [0.25, 0.3) is 11.6 Å². The van der Waals surface area contributed by atoms with Crippen LogP contribution in [0.1, 0.15) is 18.4 Å². The van der Waals surface area contributed by atoms with Gasteiger partial charge in [0.15, 0.2) is 0 Å². The largest absolute Gasteiger partial charge is 0.507 e. The Morgan fingerprint density at radius 2 is 2.32 bits per heavy atom. The van der Waals surface area contributed by atoms with Crippen LogP contribution in [0.15, 0.2) is 23.3 Å². The molecular weight excluding hydrogens is 292 g/mol. The third-order valence-electron chi connectivity index (χ3n) is 3.20. The van der Waals surface area contributed by atoms with Crippen LogP contribution in [-0.4, -0.2) is 34.6 Å². The van der Waals surface area contributed by atoms with Crippen molar-refractivity contribution in [2.75, 3.05) is 6.54 Å².